The lowest BCUT2D eigenvalue weighted by atomic mass is 9.96. The monoisotopic (exact) mass is 543 g/mol. The Labute approximate surface area is 232 Å². The summed E-state index contributed by atoms with van der Waals surface area (Å²) in [7, 11) is 1.66. The Morgan fingerprint density at radius 1 is 1.10 bits per heavy atom. The number of carbonyl (C=O) groups excluding carboxylic acids is 1. The van der Waals surface area contributed by atoms with Crippen LogP contribution in [0.3, 0.4) is 0 Å². The van der Waals surface area contributed by atoms with Gasteiger partial charge in [-0.2, -0.15) is 0 Å². The van der Waals surface area contributed by atoms with Crippen molar-refractivity contribution in [2.45, 2.75) is 32.4 Å². The van der Waals surface area contributed by atoms with Crippen molar-refractivity contribution in [1.82, 2.24) is 19.8 Å². The summed E-state index contributed by atoms with van der Waals surface area (Å²) in [6.07, 6.45) is 1.98. The second-order valence-electron chi connectivity index (χ2n) is 9.49. The summed E-state index contributed by atoms with van der Waals surface area (Å²) in [5.74, 6) is 0.258. The highest BCUT2D eigenvalue weighted by atomic mass is 32.1. The van der Waals surface area contributed by atoms with Gasteiger partial charge in [-0.05, 0) is 86.2 Å². The molecule has 0 spiro atoms. The fourth-order valence-corrected chi connectivity index (χ4v) is 5.53. The number of nitrogens with zero attached hydrogens (tertiary/aromatic N) is 3. The molecule has 2 aromatic heterocycles. The summed E-state index contributed by atoms with van der Waals surface area (Å²) in [5, 5.41) is 6.86. The van der Waals surface area contributed by atoms with Crippen LogP contribution in [0.4, 0.5) is 10.1 Å². The van der Waals surface area contributed by atoms with E-state index in [0.717, 1.165) is 34.1 Å². The number of carbonyl (C=O) groups is 1. The van der Waals surface area contributed by atoms with Gasteiger partial charge in [0.1, 0.15) is 11.6 Å². The number of anilines is 1. The maximum atomic E-state index is 13.3. The number of amides is 1. The number of nitrogens with one attached hydrogen (secondary N) is 2. The average molecular weight is 544 g/mol. The first-order valence-corrected chi connectivity index (χ1v) is 13.1. The molecular formula is C30H30FN5O2S. The molecule has 2 atom stereocenters. The molecule has 1 fully saturated rings. The van der Waals surface area contributed by atoms with Crippen molar-refractivity contribution in [2.24, 2.45) is 0 Å². The lowest BCUT2D eigenvalue weighted by molar-refractivity contribution is -0.116. The summed E-state index contributed by atoms with van der Waals surface area (Å²) in [6, 6.07) is 21.3. The number of rotatable bonds is 8. The van der Waals surface area contributed by atoms with E-state index in [1.807, 2.05) is 36.4 Å². The predicted molar refractivity (Wildman–Crippen MR) is 154 cm³/mol. The lowest BCUT2D eigenvalue weighted by Crippen LogP contribution is -2.32. The summed E-state index contributed by atoms with van der Waals surface area (Å²) in [4.78, 5) is 19.5. The van der Waals surface area contributed by atoms with E-state index in [1.165, 1.54) is 12.1 Å². The number of thiocarbonyl (C=S) groups is 1. The third kappa shape index (κ3) is 5.49. The Hall–Kier alpha value is -4.24. The SMILES string of the molecule is COc1cccc(-n2c(C)cc([C@H]3[C@H](c4ccccn4)NC(=S)N3CCC(=O)Nc3ccc(F)cc3)c2C)c1. The van der Waals surface area contributed by atoms with Crippen molar-refractivity contribution >= 4 is 28.9 Å². The zero-order chi connectivity index (χ0) is 27.5. The molecule has 0 unspecified atom stereocenters. The number of pyridine rings is 1. The van der Waals surface area contributed by atoms with Gasteiger partial charge in [0.15, 0.2) is 5.11 Å². The van der Waals surface area contributed by atoms with Crippen molar-refractivity contribution in [3.05, 3.63) is 107 Å². The Balaban J connectivity index is 1.47. The van der Waals surface area contributed by atoms with Crippen LogP contribution in [0.5, 0.6) is 5.75 Å². The fourth-order valence-electron chi connectivity index (χ4n) is 5.20. The number of aromatic nitrogens is 2. The van der Waals surface area contributed by atoms with Crippen molar-refractivity contribution in [3.8, 4) is 11.4 Å². The molecule has 4 aromatic rings. The van der Waals surface area contributed by atoms with Crippen LogP contribution < -0.4 is 15.4 Å². The molecule has 200 valence electrons. The lowest BCUT2D eigenvalue weighted by Gasteiger charge is -2.28. The number of hydrogen-bond acceptors (Lipinski definition) is 4. The van der Waals surface area contributed by atoms with E-state index >= 15 is 0 Å². The zero-order valence-electron chi connectivity index (χ0n) is 22.0. The molecule has 9 heteroatoms. The van der Waals surface area contributed by atoms with Gasteiger partial charge in [0, 0.05) is 48.0 Å². The molecule has 5 rings (SSSR count). The zero-order valence-corrected chi connectivity index (χ0v) is 22.8. The molecule has 2 N–H and O–H groups in total. The Morgan fingerprint density at radius 2 is 1.90 bits per heavy atom. The molecular weight excluding hydrogens is 513 g/mol. The van der Waals surface area contributed by atoms with E-state index in [-0.39, 0.29) is 30.2 Å². The van der Waals surface area contributed by atoms with Crippen LogP contribution in [0.2, 0.25) is 0 Å². The second-order valence-corrected chi connectivity index (χ2v) is 9.88. The average Bonchev–Trinajstić information content (AvgIpc) is 3.43. The summed E-state index contributed by atoms with van der Waals surface area (Å²) >= 11 is 5.79. The number of ether oxygens (including phenoxy) is 1. The van der Waals surface area contributed by atoms with Gasteiger partial charge in [0.2, 0.25) is 5.91 Å². The minimum Gasteiger partial charge on any atom is -0.497 e. The molecule has 1 amide bonds. The number of hydrogen-bond donors (Lipinski definition) is 2. The van der Waals surface area contributed by atoms with Gasteiger partial charge >= 0.3 is 0 Å². The van der Waals surface area contributed by atoms with Gasteiger partial charge in [0.05, 0.1) is 24.9 Å². The van der Waals surface area contributed by atoms with Crippen molar-refractivity contribution in [3.63, 3.8) is 0 Å². The number of methoxy groups -OCH3 is 1. The van der Waals surface area contributed by atoms with Gasteiger partial charge in [0.25, 0.3) is 0 Å². The smallest absolute Gasteiger partial charge is 0.226 e. The minimum atomic E-state index is -0.351. The highest BCUT2D eigenvalue weighted by Gasteiger charge is 2.41. The first-order valence-electron chi connectivity index (χ1n) is 12.7. The van der Waals surface area contributed by atoms with E-state index in [9.17, 15) is 9.18 Å². The van der Waals surface area contributed by atoms with Gasteiger partial charge in [-0.15, -0.1) is 0 Å². The molecule has 0 saturated carbocycles. The van der Waals surface area contributed by atoms with E-state index in [4.69, 9.17) is 17.0 Å². The minimum absolute atomic E-state index is 0.175. The topological polar surface area (TPSA) is 71.4 Å². The number of halogens is 1. The number of benzene rings is 2. The van der Waals surface area contributed by atoms with Gasteiger partial charge in [-0.3, -0.25) is 9.78 Å². The summed E-state index contributed by atoms with van der Waals surface area (Å²) in [6.45, 7) is 4.57. The molecule has 39 heavy (non-hydrogen) atoms. The first kappa shape index (κ1) is 26.4. The molecule has 1 saturated heterocycles. The Bertz CT molecular complexity index is 1490. The number of aryl methyl sites for hydroxylation is 1. The molecule has 2 aromatic carbocycles. The van der Waals surface area contributed by atoms with E-state index < -0.39 is 0 Å². The molecule has 1 aliphatic heterocycles. The van der Waals surface area contributed by atoms with E-state index in [2.05, 4.69) is 51.1 Å². The third-order valence-electron chi connectivity index (χ3n) is 7.01. The summed E-state index contributed by atoms with van der Waals surface area (Å²) in [5.41, 5.74) is 5.66. The quantitative estimate of drug-likeness (QED) is 0.281. The van der Waals surface area contributed by atoms with Crippen molar-refractivity contribution in [2.75, 3.05) is 19.0 Å². The van der Waals surface area contributed by atoms with Gasteiger partial charge < -0.3 is 24.8 Å². The van der Waals surface area contributed by atoms with Gasteiger partial charge in [-0.25, -0.2) is 4.39 Å². The standard InChI is InChI=1S/C30H30FN5O2S/c1-19-17-25(20(2)36(19)23-7-6-8-24(18-23)38-3)29-28(26-9-4-5-15-32-26)34-30(39)35(29)16-14-27(37)33-22-12-10-21(31)11-13-22/h4-13,15,17-18,28-29H,14,16H2,1-3H3,(H,33,37)(H,34,39)/t28-,29-/m0/s1. The summed E-state index contributed by atoms with van der Waals surface area (Å²) < 4.78 is 20.9. The van der Waals surface area contributed by atoms with E-state index in [0.29, 0.717) is 17.3 Å². The van der Waals surface area contributed by atoms with Gasteiger partial charge in [-0.1, -0.05) is 12.1 Å². The largest absolute Gasteiger partial charge is 0.497 e. The molecule has 7 nitrogen and oxygen atoms in total. The van der Waals surface area contributed by atoms with Crippen molar-refractivity contribution < 1.29 is 13.9 Å². The fraction of sp³-hybridized carbons (Fsp3) is 0.233. The second kappa shape index (κ2) is 11.2. The van der Waals surface area contributed by atoms with Crippen LogP contribution in [-0.4, -0.2) is 39.1 Å². The van der Waals surface area contributed by atoms with E-state index in [1.54, 1.807) is 25.4 Å². The normalized spacial score (nSPS) is 16.7. The maximum Gasteiger partial charge on any atom is 0.226 e. The van der Waals surface area contributed by atoms with Crippen LogP contribution >= 0.6 is 12.2 Å². The van der Waals surface area contributed by atoms with Crippen LogP contribution in [0.1, 0.15) is 41.1 Å². The first-order chi connectivity index (χ1) is 18.9. The van der Waals surface area contributed by atoms with Crippen molar-refractivity contribution in [1.29, 1.82) is 0 Å². The molecule has 1 aliphatic rings. The Morgan fingerprint density at radius 3 is 2.62 bits per heavy atom. The molecule has 0 bridgehead atoms. The predicted octanol–water partition coefficient (Wildman–Crippen LogP) is 5.64. The van der Waals surface area contributed by atoms with Crippen LogP contribution in [0.25, 0.3) is 5.69 Å². The maximum absolute atomic E-state index is 13.3. The van der Waals surface area contributed by atoms with Crippen LogP contribution in [0.15, 0.2) is 79.0 Å². The Kier molecular flexibility index (Phi) is 7.60. The molecule has 3 heterocycles. The molecule has 0 aliphatic carbocycles. The third-order valence-corrected chi connectivity index (χ3v) is 7.36. The highest BCUT2D eigenvalue weighted by molar-refractivity contribution is 7.80. The highest BCUT2D eigenvalue weighted by Crippen LogP contribution is 2.41. The molecule has 0 radical (unpaired) electrons. The van der Waals surface area contributed by atoms with Crippen LogP contribution in [-0.2, 0) is 4.79 Å². The van der Waals surface area contributed by atoms with Crippen LogP contribution in [0, 0.1) is 19.7 Å².